The first-order chi connectivity index (χ1) is 26.8. The van der Waals surface area contributed by atoms with Gasteiger partial charge in [0.15, 0.2) is 0 Å². The van der Waals surface area contributed by atoms with Gasteiger partial charge in [0.25, 0.3) is 0 Å². The highest BCUT2D eigenvalue weighted by Gasteiger charge is 2.23. The molecule has 0 saturated heterocycles. The van der Waals surface area contributed by atoms with Gasteiger partial charge in [0.2, 0.25) is 5.95 Å². The van der Waals surface area contributed by atoms with Gasteiger partial charge in [0.05, 0.1) is 33.3 Å². The fourth-order valence-electron chi connectivity index (χ4n) is 9.00. The first-order valence-corrected chi connectivity index (χ1v) is 18.4. The lowest BCUT2D eigenvalue weighted by molar-refractivity contribution is 1.02. The topological polar surface area (TPSA) is 35.6 Å². The second-order valence-electron chi connectivity index (χ2n) is 14.1. The van der Waals surface area contributed by atoms with Crippen molar-refractivity contribution >= 4 is 86.8 Å². The van der Waals surface area contributed by atoms with Crippen LogP contribution in [0.2, 0.25) is 0 Å². The monoisotopic (exact) mass is 686 g/mol. The van der Waals surface area contributed by atoms with Crippen molar-refractivity contribution < 1.29 is 0 Å². The highest BCUT2D eigenvalue weighted by atomic mass is 15.2. The molecule has 54 heavy (non-hydrogen) atoms. The summed E-state index contributed by atoms with van der Waals surface area (Å²) < 4.78 is 4.70. The number of para-hydroxylation sites is 3. The molecule has 0 aliphatic heterocycles. The van der Waals surface area contributed by atoms with Gasteiger partial charge in [-0.3, -0.25) is 4.57 Å². The van der Waals surface area contributed by atoms with Gasteiger partial charge in [0, 0.05) is 49.0 Å². The number of hydrogen-bond donors (Lipinski definition) is 0. The number of rotatable bonds is 3. The Kier molecular flexibility index (Phi) is 6.02. The predicted octanol–water partition coefficient (Wildman–Crippen LogP) is 13.0. The van der Waals surface area contributed by atoms with Crippen molar-refractivity contribution in [2.75, 3.05) is 0 Å². The first kappa shape index (κ1) is 29.3. The van der Waals surface area contributed by atoms with E-state index in [1.54, 1.807) is 0 Å². The lowest BCUT2D eigenvalue weighted by Gasteiger charge is -2.14. The second-order valence-corrected chi connectivity index (χ2v) is 14.1. The predicted molar refractivity (Wildman–Crippen MR) is 226 cm³/mol. The standard InChI is InChI=1S/C50H30N4/c1-2-15-33(16-3-1)53-44-25-13-11-20-37(44)42-30-32(27-29-45(42)53)47-40-23-10-12-24-43(40)51-50(52-47)54-48-34-17-5-4-14-31(34)26-28-41(48)46-38-21-8-6-18-35(38)36-19-7-9-22-39(36)49(46)54/h1-30H. The Labute approximate surface area is 309 Å². The van der Waals surface area contributed by atoms with Crippen molar-refractivity contribution in [3.8, 4) is 22.9 Å². The Bertz CT molecular complexity index is 3500. The maximum absolute atomic E-state index is 5.60. The summed E-state index contributed by atoms with van der Waals surface area (Å²) in [6.45, 7) is 0. The molecular weight excluding hydrogens is 657 g/mol. The van der Waals surface area contributed by atoms with E-state index in [2.05, 4.69) is 191 Å². The largest absolute Gasteiger partial charge is 0.309 e. The van der Waals surface area contributed by atoms with Crippen LogP contribution in [0.15, 0.2) is 182 Å². The van der Waals surface area contributed by atoms with Crippen LogP contribution in [0.1, 0.15) is 0 Å². The number of hydrogen-bond acceptors (Lipinski definition) is 2. The normalized spacial score (nSPS) is 12.1. The van der Waals surface area contributed by atoms with Gasteiger partial charge >= 0.3 is 0 Å². The van der Waals surface area contributed by atoms with Crippen LogP contribution in [-0.2, 0) is 0 Å². The Morgan fingerprint density at radius 2 is 0.981 bits per heavy atom. The summed E-state index contributed by atoms with van der Waals surface area (Å²) in [6.07, 6.45) is 0. The minimum absolute atomic E-state index is 0.660. The van der Waals surface area contributed by atoms with Crippen LogP contribution in [0.3, 0.4) is 0 Å². The Morgan fingerprint density at radius 3 is 1.81 bits per heavy atom. The number of benzene rings is 9. The number of aromatic nitrogens is 4. The van der Waals surface area contributed by atoms with Gasteiger partial charge in [0.1, 0.15) is 0 Å². The van der Waals surface area contributed by atoms with Crippen LogP contribution in [-0.4, -0.2) is 19.1 Å². The van der Waals surface area contributed by atoms with Gasteiger partial charge in [-0.15, -0.1) is 0 Å². The van der Waals surface area contributed by atoms with Crippen LogP contribution in [0.5, 0.6) is 0 Å². The van der Waals surface area contributed by atoms with Crippen molar-refractivity contribution in [2.24, 2.45) is 0 Å². The quantitative estimate of drug-likeness (QED) is 0.173. The summed E-state index contributed by atoms with van der Waals surface area (Å²) in [4.78, 5) is 11.0. The van der Waals surface area contributed by atoms with Gasteiger partial charge < -0.3 is 4.57 Å². The third-order valence-corrected chi connectivity index (χ3v) is 11.3. The molecule has 12 rings (SSSR count). The van der Waals surface area contributed by atoms with Crippen LogP contribution >= 0.6 is 0 Å². The summed E-state index contributed by atoms with van der Waals surface area (Å²) >= 11 is 0. The minimum atomic E-state index is 0.660. The van der Waals surface area contributed by atoms with E-state index in [0.717, 1.165) is 44.4 Å². The highest BCUT2D eigenvalue weighted by Crippen LogP contribution is 2.44. The zero-order valence-electron chi connectivity index (χ0n) is 29.1. The molecule has 9 aromatic carbocycles. The summed E-state index contributed by atoms with van der Waals surface area (Å²) in [7, 11) is 0. The number of nitrogens with zero attached hydrogens (tertiary/aromatic N) is 4. The summed E-state index contributed by atoms with van der Waals surface area (Å²) in [5.41, 5.74) is 8.60. The molecule has 0 N–H and O–H groups in total. The zero-order chi connectivity index (χ0) is 35.3. The van der Waals surface area contributed by atoms with Gasteiger partial charge in [-0.25, -0.2) is 9.97 Å². The molecule has 4 nitrogen and oxygen atoms in total. The van der Waals surface area contributed by atoms with Crippen molar-refractivity contribution in [2.45, 2.75) is 0 Å². The lowest BCUT2D eigenvalue weighted by Crippen LogP contribution is -2.04. The minimum Gasteiger partial charge on any atom is -0.309 e. The third-order valence-electron chi connectivity index (χ3n) is 11.3. The van der Waals surface area contributed by atoms with E-state index in [1.165, 1.54) is 59.4 Å². The van der Waals surface area contributed by atoms with E-state index in [1.807, 2.05) is 0 Å². The fraction of sp³-hybridized carbons (Fsp3) is 0. The van der Waals surface area contributed by atoms with Gasteiger partial charge in [-0.05, 0) is 57.9 Å². The highest BCUT2D eigenvalue weighted by molar-refractivity contribution is 6.34. The molecule has 0 fully saturated rings. The second kappa shape index (κ2) is 11.1. The molecule has 0 amide bonds. The van der Waals surface area contributed by atoms with Gasteiger partial charge in [-0.2, -0.15) is 0 Å². The Morgan fingerprint density at radius 1 is 0.352 bits per heavy atom. The number of fused-ring (bicyclic) bond motifs is 14. The molecule has 3 heterocycles. The van der Waals surface area contributed by atoms with Crippen LogP contribution in [0.25, 0.3) is 110 Å². The molecule has 3 aromatic heterocycles. The van der Waals surface area contributed by atoms with Crippen LogP contribution in [0.4, 0.5) is 0 Å². The van der Waals surface area contributed by atoms with Crippen molar-refractivity contribution in [3.63, 3.8) is 0 Å². The molecule has 0 unspecified atom stereocenters. The average Bonchev–Trinajstić information content (AvgIpc) is 3.77. The third kappa shape index (κ3) is 4.02. The lowest BCUT2D eigenvalue weighted by atomic mass is 9.96. The fourth-order valence-corrected chi connectivity index (χ4v) is 9.00. The van der Waals surface area contributed by atoms with E-state index in [4.69, 9.17) is 9.97 Å². The molecule has 4 heteroatoms. The molecule has 0 spiro atoms. The molecule has 12 aromatic rings. The van der Waals surface area contributed by atoms with E-state index in [0.29, 0.717) is 5.95 Å². The maximum atomic E-state index is 5.60. The Balaban J connectivity index is 1.22. The maximum Gasteiger partial charge on any atom is 0.235 e. The molecule has 0 bridgehead atoms. The summed E-state index contributed by atoms with van der Waals surface area (Å²) in [5, 5.41) is 13.1. The molecule has 0 aliphatic carbocycles. The van der Waals surface area contributed by atoms with E-state index in [-0.39, 0.29) is 0 Å². The zero-order valence-corrected chi connectivity index (χ0v) is 29.1. The van der Waals surface area contributed by atoms with Crippen molar-refractivity contribution in [1.82, 2.24) is 19.1 Å². The molecule has 0 radical (unpaired) electrons. The summed E-state index contributed by atoms with van der Waals surface area (Å²) in [5.74, 6) is 0.660. The van der Waals surface area contributed by atoms with E-state index < -0.39 is 0 Å². The molecule has 0 aliphatic rings. The van der Waals surface area contributed by atoms with Crippen LogP contribution in [0, 0.1) is 0 Å². The Hall–Kier alpha value is -7.30. The summed E-state index contributed by atoms with van der Waals surface area (Å²) in [6, 6.07) is 65.3. The average molecular weight is 687 g/mol. The van der Waals surface area contributed by atoms with E-state index in [9.17, 15) is 0 Å². The van der Waals surface area contributed by atoms with Gasteiger partial charge in [-0.1, -0.05) is 146 Å². The molecular formula is C50H30N4. The SMILES string of the molecule is c1ccc(-n2c3ccccc3c3cc(-c4nc(-n5c6c7ccccc7ccc6c6c7ccccc7c7ccccc7c65)nc5ccccc45)ccc32)cc1. The van der Waals surface area contributed by atoms with E-state index >= 15 is 0 Å². The molecule has 0 atom stereocenters. The molecule has 0 saturated carbocycles. The van der Waals surface area contributed by atoms with Crippen LogP contribution < -0.4 is 0 Å². The van der Waals surface area contributed by atoms with Crippen molar-refractivity contribution in [1.29, 1.82) is 0 Å². The smallest absolute Gasteiger partial charge is 0.235 e. The molecule has 250 valence electrons. The first-order valence-electron chi connectivity index (χ1n) is 18.4. The van der Waals surface area contributed by atoms with Crippen molar-refractivity contribution in [3.05, 3.63) is 182 Å².